The Morgan fingerprint density at radius 1 is 1.35 bits per heavy atom. The van der Waals surface area contributed by atoms with E-state index in [-0.39, 0.29) is 24.4 Å². The molecule has 0 unspecified atom stereocenters. The van der Waals surface area contributed by atoms with Gasteiger partial charge in [0.05, 0.1) is 6.54 Å². The highest BCUT2D eigenvalue weighted by Gasteiger charge is 2.25. The number of carbonyl (C=O) groups excluding carboxylic acids is 1. The first-order chi connectivity index (χ1) is 10.6. The van der Waals surface area contributed by atoms with Crippen LogP contribution < -0.4 is 15.8 Å². The van der Waals surface area contributed by atoms with Crippen molar-refractivity contribution in [2.75, 3.05) is 13.2 Å². The first-order valence-electron chi connectivity index (χ1n) is 8.32. The van der Waals surface area contributed by atoms with Crippen LogP contribution in [0.15, 0.2) is 24.3 Å². The molecule has 1 aromatic carbocycles. The zero-order valence-corrected chi connectivity index (χ0v) is 14.9. The summed E-state index contributed by atoms with van der Waals surface area (Å²) in [5.74, 6) is 1.77. The summed E-state index contributed by atoms with van der Waals surface area (Å²) in [4.78, 5) is 11.9. The molecular weight excluding hydrogens is 312 g/mol. The highest BCUT2D eigenvalue weighted by molar-refractivity contribution is 5.85. The molecule has 0 aliphatic heterocycles. The molecule has 1 aromatic rings. The zero-order chi connectivity index (χ0) is 15.9. The van der Waals surface area contributed by atoms with Gasteiger partial charge in [-0.3, -0.25) is 4.79 Å². The number of para-hydroxylation sites is 1. The largest absolute Gasteiger partial charge is 0.491 e. The van der Waals surface area contributed by atoms with E-state index in [0.29, 0.717) is 31.4 Å². The van der Waals surface area contributed by atoms with Crippen molar-refractivity contribution in [1.82, 2.24) is 5.32 Å². The van der Waals surface area contributed by atoms with E-state index < -0.39 is 0 Å². The van der Waals surface area contributed by atoms with Crippen molar-refractivity contribution in [3.8, 4) is 5.75 Å². The molecule has 0 aromatic heterocycles. The fraction of sp³-hybridized carbons (Fsp3) is 0.611. The van der Waals surface area contributed by atoms with Crippen LogP contribution in [-0.2, 0) is 4.79 Å². The van der Waals surface area contributed by atoms with Gasteiger partial charge in [0.2, 0.25) is 5.91 Å². The third-order valence-electron chi connectivity index (χ3n) is 4.39. The molecule has 2 atom stereocenters. The fourth-order valence-electron chi connectivity index (χ4n) is 3.07. The summed E-state index contributed by atoms with van der Waals surface area (Å²) in [7, 11) is 0. The topological polar surface area (TPSA) is 64.3 Å². The van der Waals surface area contributed by atoms with Gasteiger partial charge in [0.1, 0.15) is 12.4 Å². The van der Waals surface area contributed by atoms with Crippen molar-refractivity contribution in [3.05, 3.63) is 29.8 Å². The molecule has 1 aliphatic carbocycles. The molecule has 23 heavy (non-hydrogen) atoms. The number of ether oxygens (including phenoxy) is 1. The van der Waals surface area contributed by atoms with Crippen molar-refractivity contribution < 1.29 is 9.53 Å². The van der Waals surface area contributed by atoms with Gasteiger partial charge in [-0.2, -0.15) is 0 Å². The minimum Gasteiger partial charge on any atom is -0.491 e. The highest BCUT2D eigenvalue weighted by atomic mass is 35.5. The quantitative estimate of drug-likeness (QED) is 0.749. The first kappa shape index (κ1) is 19.8. The second kappa shape index (κ2) is 9.78. The third kappa shape index (κ3) is 6.04. The molecule has 1 amide bonds. The van der Waals surface area contributed by atoms with Gasteiger partial charge in [0.15, 0.2) is 0 Å². The normalized spacial score (nSPS) is 20.2. The lowest BCUT2D eigenvalue weighted by molar-refractivity contribution is -0.122. The number of benzene rings is 1. The SMILES string of the molecule is CC(C)c1ccccc1OCCNC(=O)C[C@@H]1CCC[C@H]1N.Cl. The second-order valence-corrected chi connectivity index (χ2v) is 6.45. The Kier molecular flexibility index (Phi) is 8.42. The lowest BCUT2D eigenvalue weighted by Crippen LogP contribution is -2.33. The van der Waals surface area contributed by atoms with Crippen LogP contribution in [0.25, 0.3) is 0 Å². The maximum atomic E-state index is 11.9. The van der Waals surface area contributed by atoms with Crippen molar-refractivity contribution >= 4 is 18.3 Å². The number of carbonyl (C=O) groups is 1. The molecule has 4 nitrogen and oxygen atoms in total. The number of nitrogens with one attached hydrogen (secondary N) is 1. The summed E-state index contributed by atoms with van der Waals surface area (Å²) in [6.07, 6.45) is 3.82. The van der Waals surface area contributed by atoms with Gasteiger partial charge >= 0.3 is 0 Å². The molecule has 5 heteroatoms. The van der Waals surface area contributed by atoms with Crippen LogP contribution in [0.3, 0.4) is 0 Å². The van der Waals surface area contributed by atoms with Crippen LogP contribution in [0.2, 0.25) is 0 Å². The summed E-state index contributed by atoms with van der Waals surface area (Å²) >= 11 is 0. The monoisotopic (exact) mass is 340 g/mol. The van der Waals surface area contributed by atoms with Crippen molar-refractivity contribution in [2.24, 2.45) is 11.7 Å². The summed E-state index contributed by atoms with van der Waals surface area (Å²) < 4.78 is 5.80. The minimum absolute atomic E-state index is 0. The van der Waals surface area contributed by atoms with Gasteiger partial charge in [-0.25, -0.2) is 0 Å². The number of halogens is 1. The van der Waals surface area contributed by atoms with E-state index >= 15 is 0 Å². The Morgan fingerprint density at radius 2 is 2.09 bits per heavy atom. The van der Waals surface area contributed by atoms with Gasteiger partial charge in [-0.05, 0) is 36.3 Å². The van der Waals surface area contributed by atoms with Crippen molar-refractivity contribution in [1.29, 1.82) is 0 Å². The van der Waals surface area contributed by atoms with Crippen LogP contribution in [-0.4, -0.2) is 25.1 Å². The van der Waals surface area contributed by atoms with E-state index in [4.69, 9.17) is 10.5 Å². The first-order valence-corrected chi connectivity index (χ1v) is 8.32. The standard InChI is InChI=1S/C18H28N2O2.ClH/c1-13(2)15-7-3-4-9-17(15)22-11-10-20-18(21)12-14-6-5-8-16(14)19;/h3-4,7,9,13-14,16H,5-6,8,10-12,19H2,1-2H3,(H,20,21);1H/t14-,16+;/m0./s1. The number of amides is 1. The summed E-state index contributed by atoms with van der Waals surface area (Å²) in [6.45, 7) is 5.32. The van der Waals surface area contributed by atoms with Crippen LogP contribution >= 0.6 is 12.4 Å². The van der Waals surface area contributed by atoms with E-state index in [1.165, 1.54) is 5.56 Å². The lowest BCUT2D eigenvalue weighted by atomic mass is 10.00. The number of hydrogen-bond donors (Lipinski definition) is 2. The molecule has 0 radical (unpaired) electrons. The molecule has 130 valence electrons. The number of hydrogen-bond acceptors (Lipinski definition) is 3. The van der Waals surface area contributed by atoms with Crippen LogP contribution in [0.4, 0.5) is 0 Å². The smallest absolute Gasteiger partial charge is 0.220 e. The van der Waals surface area contributed by atoms with Gasteiger partial charge < -0.3 is 15.8 Å². The molecule has 2 rings (SSSR count). The average Bonchev–Trinajstić information content (AvgIpc) is 2.89. The van der Waals surface area contributed by atoms with E-state index in [0.717, 1.165) is 25.0 Å². The predicted octanol–water partition coefficient (Wildman–Crippen LogP) is 3.24. The molecule has 0 heterocycles. The van der Waals surface area contributed by atoms with Crippen molar-refractivity contribution in [2.45, 2.75) is 51.5 Å². The molecule has 1 aliphatic rings. The van der Waals surface area contributed by atoms with Crippen LogP contribution in [0.5, 0.6) is 5.75 Å². The van der Waals surface area contributed by atoms with Gasteiger partial charge in [-0.15, -0.1) is 12.4 Å². The lowest BCUT2D eigenvalue weighted by Gasteiger charge is -2.16. The van der Waals surface area contributed by atoms with Crippen molar-refractivity contribution in [3.63, 3.8) is 0 Å². The average molecular weight is 341 g/mol. The Morgan fingerprint density at radius 3 is 2.74 bits per heavy atom. The minimum atomic E-state index is 0. The molecule has 3 N–H and O–H groups in total. The number of rotatable bonds is 7. The summed E-state index contributed by atoms with van der Waals surface area (Å²) in [5.41, 5.74) is 7.20. The summed E-state index contributed by atoms with van der Waals surface area (Å²) in [6, 6.07) is 8.25. The van der Waals surface area contributed by atoms with E-state index in [9.17, 15) is 4.79 Å². The van der Waals surface area contributed by atoms with E-state index in [2.05, 4.69) is 25.2 Å². The predicted molar refractivity (Wildman–Crippen MR) is 96.2 cm³/mol. The van der Waals surface area contributed by atoms with Gasteiger partial charge in [-0.1, -0.05) is 38.5 Å². The molecule has 0 spiro atoms. The number of nitrogens with two attached hydrogens (primary N) is 1. The van der Waals surface area contributed by atoms with E-state index in [1.807, 2.05) is 18.2 Å². The molecule has 0 bridgehead atoms. The third-order valence-corrected chi connectivity index (χ3v) is 4.39. The van der Waals surface area contributed by atoms with Crippen LogP contribution in [0, 0.1) is 5.92 Å². The Bertz CT molecular complexity index is 494. The van der Waals surface area contributed by atoms with Crippen LogP contribution in [0.1, 0.15) is 51.0 Å². The maximum Gasteiger partial charge on any atom is 0.220 e. The molecular formula is C18H29ClN2O2. The molecule has 1 fully saturated rings. The second-order valence-electron chi connectivity index (χ2n) is 6.45. The fourth-order valence-corrected chi connectivity index (χ4v) is 3.07. The van der Waals surface area contributed by atoms with Gasteiger partial charge in [0, 0.05) is 12.5 Å². The maximum absolute atomic E-state index is 11.9. The summed E-state index contributed by atoms with van der Waals surface area (Å²) in [5, 5.41) is 2.93. The molecule has 1 saturated carbocycles. The van der Waals surface area contributed by atoms with Gasteiger partial charge in [0.25, 0.3) is 0 Å². The zero-order valence-electron chi connectivity index (χ0n) is 14.1. The Labute approximate surface area is 145 Å². The highest BCUT2D eigenvalue weighted by Crippen LogP contribution is 2.27. The Hall–Kier alpha value is -1.26. The Balaban J connectivity index is 0.00000264. The molecule has 0 saturated heterocycles. The van der Waals surface area contributed by atoms with E-state index in [1.54, 1.807) is 0 Å².